The van der Waals surface area contributed by atoms with Gasteiger partial charge in [0.1, 0.15) is 0 Å². The number of hydrogen-bond acceptors (Lipinski definition) is 4. The molecule has 0 saturated carbocycles. The Hall–Kier alpha value is -2.36. The average Bonchev–Trinajstić information content (AvgIpc) is 2.43. The van der Waals surface area contributed by atoms with E-state index in [1.54, 1.807) is 20.3 Å². The fourth-order valence-electron chi connectivity index (χ4n) is 1.80. The monoisotopic (exact) mass is 258 g/mol. The number of nitrogen functional groups attached to an aromatic ring is 1. The van der Waals surface area contributed by atoms with Crippen LogP contribution >= 0.6 is 0 Å². The topological polar surface area (TPSA) is 56.5 Å². The van der Waals surface area contributed by atoms with Crippen LogP contribution in [0.1, 0.15) is 5.56 Å². The lowest BCUT2D eigenvalue weighted by atomic mass is 10.2. The van der Waals surface area contributed by atoms with E-state index < -0.39 is 0 Å². The summed E-state index contributed by atoms with van der Waals surface area (Å²) in [5.41, 5.74) is 9.59. The number of nitrogens with two attached hydrogens (primary N) is 1. The fourth-order valence-corrected chi connectivity index (χ4v) is 1.80. The van der Waals surface area contributed by atoms with Crippen molar-refractivity contribution in [2.45, 2.75) is 6.92 Å². The Balaban J connectivity index is 2.32. The van der Waals surface area contributed by atoms with Crippen LogP contribution in [-0.4, -0.2) is 14.2 Å². The third kappa shape index (κ3) is 2.91. The summed E-state index contributed by atoms with van der Waals surface area (Å²) in [6.07, 6.45) is 0. The van der Waals surface area contributed by atoms with Gasteiger partial charge < -0.3 is 20.5 Å². The van der Waals surface area contributed by atoms with Gasteiger partial charge in [0.2, 0.25) is 0 Å². The smallest absolute Gasteiger partial charge is 0.162 e. The molecule has 0 aliphatic heterocycles. The molecule has 0 aliphatic carbocycles. The predicted octanol–water partition coefficient (Wildman–Crippen LogP) is 3.34. The van der Waals surface area contributed by atoms with Gasteiger partial charge in [-0.1, -0.05) is 17.7 Å². The summed E-state index contributed by atoms with van der Waals surface area (Å²) in [6, 6.07) is 11.7. The van der Waals surface area contributed by atoms with Crippen LogP contribution in [0, 0.1) is 6.92 Å². The van der Waals surface area contributed by atoms with Gasteiger partial charge in [-0.2, -0.15) is 0 Å². The minimum absolute atomic E-state index is 0.609. The molecule has 0 spiro atoms. The molecular formula is C15H18N2O2. The van der Waals surface area contributed by atoms with E-state index in [1.807, 2.05) is 30.3 Å². The number of hydrogen-bond donors (Lipinski definition) is 2. The van der Waals surface area contributed by atoms with Crippen molar-refractivity contribution >= 4 is 17.1 Å². The number of methoxy groups -OCH3 is 2. The largest absolute Gasteiger partial charge is 0.493 e. The quantitative estimate of drug-likeness (QED) is 0.826. The second kappa shape index (κ2) is 5.52. The van der Waals surface area contributed by atoms with Crippen LogP contribution in [0.2, 0.25) is 0 Å². The molecular weight excluding hydrogens is 240 g/mol. The third-order valence-corrected chi connectivity index (χ3v) is 2.89. The Morgan fingerprint density at radius 1 is 0.947 bits per heavy atom. The zero-order chi connectivity index (χ0) is 13.8. The summed E-state index contributed by atoms with van der Waals surface area (Å²) in [5, 5.41) is 3.26. The average molecular weight is 258 g/mol. The number of aryl methyl sites for hydroxylation is 1. The maximum absolute atomic E-state index is 6.00. The van der Waals surface area contributed by atoms with Gasteiger partial charge in [-0.15, -0.1) is 0 Å². The van der Waals surface area contributed by atoms with Gasteiger partial charge in [0.05, 0.1) is 25.6 Å². The Labute approximate surface area is 113 Å². The molecule has 2 aromatic carbocycles. The van der Waals surface area contributed by atoms with Crippen molar-refractivity contribution in [3.8, 4) is 11.5 Å². The van der Waals surface area contributed by atoms with Gasteiger partial charge in [-0.05, 0) is 19.1 Å². The third-order valence-electron chi connectivity index (χ3n) is 2.89. The van der Waals surface area contributed by atoms with Gasteiger partial charge in [-0.3, -0.25) is 0 Å². The molecule has 0 radical (unpaired) electrons. The molecule has 2 rings (SSSR count). The maximum Gasteiger partial charge on any atom is 0.162 e. The van der Waals surface area contributed by atoms with Gasteiger partial charge in [0.15, 0.2) is 11.5 Å². The van der Waals surface area contributed by atoms with Gasteiger partial charge >= 0.3 is 0 Å². The minimum atomic E-state index is 0.609. The van der Waals surface area contributed by atoms with Crippen molar-refractivity contribution in [1.82, 2.24) is 0 Å². The van der Waals surface area contributed by atoms with E-state index in [4.69, 9.17) is 15.2 Å². The highest BCUT2D eigenvalue weighted by Crippen LogP contribution is 2.36. The molecule has 19 heavy (non-hydrogen) atoms. The van der Waals surface area contributed by atoms with Crippen molar-refractivity contribution < 1.29 is 9.47 Å². The van der Waals surface area contributed by atoms with E-state index in [0.29, 0.717) is 17.2 Å². The van der Waals surface area contributed by atoms with Crippen molar-refractivity contribution in [1.29, 1.82) is 0 Å². The molecule has 0 bridgehead atoms. The standard InChI is InChI=1S/C15H18N2O2/c1-10-4-6-11(7-5-10)17-13-9-15(19-3)14(18-2)8-12(13)16/h4-9,17H,16H2,1-3H3. The van der Waals surface area contributed by atoms with E-state index in [-0.39, 0.29) is 0 Å². The number of benzene rings is 2. The van der Waals surface area contributed by atoms with Crippen molar-refractivity contribution in [2.24, 2.45) is 0 Å². The lowest BCUT2D eigenvalue weighted by molar-refractivity contribution is 0.355. The van der Waals surface area contributed by atoms with Gasteiger partial charge in [-0.25, -0.2) is 0 Å². The molecule has 2 aromatic rings. The summed E-state index contributed by atoms with van der Waals surface area (Å²) in [7, 11) is 3.19. The molecule has 0 unspecified atom stereocenters. The van der Waals surface area contributed by atoms with Crippen LogP contribution in [0.3, 0.4) is 0 Å². The van der Waals surface area contributed by atoms with Crippen LogP contribution in [0.4, 0.5) is 17.1 Å². The highest BCUT2D eigenvalue weighted by Gasteiger charge is 2.09. The Kier molecular flexibility index (Phi) is 3.80. The number of ether oxygens (including phenoxy) is 2. The Bertz CT molecular complexity index is 565. The zero-order valence-corrected chi connectivity index (χ0v) is 11.4. The van der Waals surface area contributed by atoms with Crippen LogP contribution in [-0.2, 0) is 0 Å². The summed E-state index contributed by atoms with van der Waals surface area (Å²) < 4.78 is 10.5. The molecule has 0 aromatic heterocycles. The second-order valence-electron chi connectivity index (χ2n) is 4.29. The maximum atomic E-state index is 6.00. The highest BCUT2D eigenvalue weighted by atomic mass is 16.5. The Morgan fingerprint density at radius 3 is 2.11 bits per heavy atom. The Morgan fingerprint density at radius 2 is 1.53 bits per heavy atom. The van der Waals surface area contributed by atoms with Crippen LogP contribution in [0.25, 0.3) is 0 Å². The SMILES string of the molecule is COc1cc(N)c(Nc2ccc(C)cc2)cc1OC. The lowest BCUT2D eigenvalue weighted by Crippen LogP contribution is -1.99. The van der Waals surface area contributed by atoms with Crippen LogP contribution in [0.15, 0.2) is 36.4 Å². The number of nitrogens with one attached hydrogen (secondary N) is 1. The summed E-state index contributed by atoms with van der Waals surface area (Å²) >= 11 is 0. The summed E-state index contributed by atoms with van der Waals surface area (Å²) in [5.74, 6) is 1.26. The normalized spacial score (nSPS) is 10.1. The van der Waals surface area contributed by atoms with Crippen molar-refractivity contribution in [2.75, 3.05) is 25.3 Å². The van der Waals surface area contributed by atoms with E-state index in [0.717, 1.165) is 11.4 Å². The first-order valence-electron chi connectivity index (χ1n) is 5.99. The van der Waals surface area contributed by atoms with Gasteiger partial charge in [0, 0.05) is 17.8 Å². The molecule has 4 heteroatoms. The number of rotatable bonds is 4. The molecule has 0 aliphatic rings. The van der Waals surface area contributed by atoms with Crippen molar-refractivity contribution in [3.05, 3.63) is 42.0 Å². The molecule has 3 N–H and O–H groups in total. The molecule has 0 fully saturated rings. The first kappa shape index (κ1) is 13.1. The summed E-state index contributed by atoms with van der Waals surface area (Å²) in [6.45, 7) is 2.05. The molecule has 4 nitrogen and oxygen atoms in total. The van der Waals surface area contributed by atoms with Crippen molar-refractivity contribution in [3.63, 3.8) is 0 Å². The zero-order valence-electron chi connectivity index (χ0n) is 11.4. The molecule has 0 heterocycles. The van der Waals surface area contributed by atoms with Crippen LogP contribution < -0.4 is 20.5 Å². The molecule has 100 valence electrons. The predicted molar refractivity (Wildman–Crippen MR) is 78.4 cm³/mol. The van der Waals surface area contributed by atoms with E-state index in [1.165, 1.54) is 5.56 Å². The van der Waals surface area contributed by atoms with E-state index >= 15 is 0 Å². The minimum Gasteiger partial charge on any atom is -0.493 e. The highest BCUT2D eigenvalue weighted by molar-refractivity contribution is 5.76. The summed E-state index contributed by atoms with van der Waals surface area (Å²) in [4.78, 5) is 0. The fraction of sp³-hybridized carbons (Fsp3) is 0.200. The van der Waals surface area contributed by atoms with E-state index in [2.05, 4.69) is 12.2 Å². The molecule has 0 amide bonds. The first-order valence-corrected chi connectivity index (χ1v) is 5.99. The molecule has 0 atom stereocenters. The number of anilines is 3. The first-order chi connectivity index (χ1) is 9.13. The van der Waals surface area contributed by atoms with Gasteiger partial charge in [0.25, 0.3) is 0 Å². The van der Waals surface area contributed by atoms with Crippen LogP contribution in [0.5, 0.6) is 11.5 Å². The lowest BCUT2D eigenvalue weighted by Gasteiger charge is -2.14. The van der Waals surface area contributed by atoms with E-state index in [9.17, 15) is 0 Å². The molecule has 0 saturated heterocycles. The second-order valence-corrected chi connectivity index (χ2v) is 4.29.